The Balaban J connectivity index is 1.51. The van der Waals surface area contributed by atoms with Gasteiger partial charge in [0.1, 0.15) is 17.2 Å². The van der Waals surface area contributed by atoms with E-state index in [-0.39, 0.29) is 6.61 Å². The molecule has 3 rings (SSSR count). The molecule has 0 spiro atoms. The zero-order valence-electron chi connectivity index (χ0n) is 16.1. The van der Waals surface area contributed by atoms with Gasteiger partial charge in [-0.3, -0.25) is 0 Å². The molecule has 0 saturated carbocycles. The molecule has 0 amide bonds. The van der Waals surface area contributed by atoms with Gasteiger partial charge in [0.05, 0.1) is 19.8 Å². The predicted molar refractivity (Wildman–Crippen MR) is 112 cm³/mol. The summed E-state index contributed by atoms with van der Waals surface area (Å²) in [7, 11) is 0. The maximum absolute atomic E-state index is 11.0. The van der Waals surface area contributed by atoms with E-state index >= 15 is 0 Å². The van der Waals surface area contributed by atoms with E-state index < -0.39 is 5.97 Å². The molecule has 0 aliphatic carbocycles. The van der Waals surface area contributed by atoms with Crippen LogP contribution in [0, 0.1) is 0 Å². The number of aliphatic hydroxyl groups excluding tert-OH is 1. The lowest BCUT2D eigenvalue weighted by atomic mass is 10.1. The maximum atomic E-state index is 11.0. The summed E-state index contributed by atoms with van der Waals surface area (Å²) in [4.78, 5) is 12.5. The largest absolute Gasteiger partial charge is 0.491 e. The summed E-state index contributed by atoms with van der Waals surface area (Å²) in [6.45, 7) is 1.24. The summed E-state index contributed by atoms with van der Waals surface area (Å²) < 4.78 is 13.0. The van der Waals surface area contributed by atoms with E-state index in [0.717, 1.165) is 35.6 Å². The van der Waals surface area contributed by atoms with Crippen LogP contribution in [0.25, 0.3) is 5.69 Å². The number of thiophene rings is 1. The summed E-state index contributed by atoms with van der Waals surface area (Å²) in [6, 6.07) is 15.6. The molecule has 0 bridgehead atoms. The summed E-state index contributed by atoms with van der Waals surface area (Å²) in [6.07, 6.45) is 4.78. The molecule has 2 heterocycles. The van der Waals surface area contributed by atoms with Crippen molar-refractivity contribution in [3.63, 3.8) is 0 Å². The fourth-order valence-corrected chi connectivity index (χ4v) is 3.92. The van der Waals surface area contributed by atoms with Crippen molar-refractivity contribution >= 4 is 17.3 Å². The number of aromatic carboxylic acids is 1. The fourth-order valence-electron chi connectivity index (χ4n) is 3.03. The van der Waals surface area contributed by atoms with Gasteiger partial charge < -0.3 is 24.3 Å². The monoisotopic (exact) mass is 415 g/mol. The lowest BCUT2D eigenvalue weighted by Crippen LogP contribution is -2.09. The van der Waals surface area contributed by atoms with Crippen LogP contribution in [0.1, 0.15) is 26.7 Å². The number of benzene rings is 1. The fraction of sp³-hybridized carbons (Fsp3) is 0.318. The van der Waals surface area contributed by atoms with Gasteiger partial charge in [-0.15, -0.1) is 11.3 Å². The van der Waals surface area contributed by atoms with Crippen molar-refractivity contribution in [1.29, 1.82) is 0 Å². The Morgan fingerprint density at radius 2 is 1.83 bits per heavy atom. The first-order valence-corrected chi connectivity index (χ1v) is 10.4. The molecule has 154 valence electrons. The minimum absolute atomic E-state index is 0.0185. The number of rotatable bonds is 12. The number of aryl methyl sites for hydroxylation is 2. The standard InChI is InChI=1S/C22H25NO5S/c24-13-14-27-15-16-28-19-8-6-18(7-9-19)23-12-2-4-17(23)3-1-5-20-10-11-21(29-20)22(25)26/h2,4,6-12,24H,1,3,5,13-16H2,(H,25,26). The second-order valence-electron chi connectivity index (χ2n) is 6.47. The molecule has 0 saturated heterocycles. The first kappa shape index (κ1) is 21.1. The lowest BCUT2D eigenvalue weighted by Gasteiger charge is -2.11. The highest BCUT2D eigenvalue weighted by Gasteiger charge is 2.08. The predicted octanol–water partition coefficient (Wildman–Crippen LogP) is 3.80. The molecule has 2 N–H and O–H groups in total. The molecule has 0 radical (unpaired) electrons. The minimum Gasteiger partial charge on any atom is -0.491 e. The van der Waals surface area contributed by atoms with Gasteiger partial charge in [-0.2, -0.15) is 0 Å². The average Bonchev–Trinajstić information content (AvgIpc) is 3.38. The van der Waals surface area contributed by atoms with E-state index in [1.54, 1.807) is 6.07 Å². The number of hydrogen-bond donors (Lipinski definition) is 2. The molecule has 7 heteroatoms. The molecule has 0 fully saturated rings. The molecule has 0 atom stereocenters. The number of hydrogen-bond acceptors (Lipinski definition) is 5. The third-order valence-corrected chi connectivity index (χ3v) is 5.54. The molecule has 6 nitrogen and oxygen atoms in total. The van der Waals surface area contributed by atoms with Crippen molar-refractivity contribution in [1.82, 2.24) is 4.57 Å². The molecule has 0 aliphatic heterocycles. The van der Waals surface area contributed by atoms with Crippen molar-refractivity contribution in [2.24, 2.45) is 0 Å². The number of nitrogens with zero attached hydrogens (tertiary/aromatic N) is 1. The van der Waals surface area contributed by atoms with E-state index in [2.05, 4.69) is 10.6 Å². The van der Waals surface area contributed by atoms with E-state index in [1.807, 2.05) is 42.6 Å². The third kappa shape index (κ3) is 6.19. The van der Waals surface area contributed by atoms with Gasteiger partial charge >= 0.3 is 5.97 Å². The molecule has 3 aromatic rings. The van der Waals surface area contributed by atoms with Gasteiger partial charge in [-0.25, -0.2) is 4.79 Å². The molecule has 29 heavy (non-hydrogen) atoms. The van der Waals surface area contributed by atoms with Crippen molar-refractivity contribution in [3.8, 4) is 11.4 Å². The Kier molecular flexibility index (Phi) is 7.86. The molecule has 0 aliphatic rings. The zero-order chi connectivity index (χ0) is 20.5. The van der Waals surface area contributed by atoms with Crippen LogP contribution < -0.4 is 4.74 Å². The summed E-state index contributed by atoms with van der Waals surface area (Å²) in [5.41, 5.74) is 2.28. The Morgan fingerprint density at radius 1 is 1.00 bits per heavy atom. The van der Waals surface area contributed by atoms with Crippen LogP contribution in [0.3, 0.4) is 0 Å². The second kappa shape index (κ2) is 10.8. The topological polar surface area (TPSA) is 80.9 Å². The van der Waals surface area contributed by atoms with Gasteiger partial charge in [0, 0.05) is 22.5 Å². The maximum Gasteiger partial charge on any atom is 0.345 e. The Hall–Kier alpha value is -2.61. The van der Waals surface area contributed by atoms with Crippen LogP contribution in [0.2, 0.25) is 0 Å². The number of carboxylic acid groups (broad SMARTS) is 1. The highest BCUT2D eigenvalue weighted by Crippen LogP contribution is 2.21. The highest BCUT2D eigenvalue weighted by atomic mass is 32.1. The van der Waals surface area contributed by atoms with E-state index in [1.165, 1.54) is 17.0 Å². The Labute approximate surface area is 174 Å². The summed E-state index contributed by atoms with van der Waals surface area (Å²) in [5.74, 6) is -0.0813. The quantitative estimate of drug-likeness (QED) is 0.440. The summed E-state index contributed by atoms with van der Waals surface area (Å²) >= 11 is 1.35. The van der Waals surface area contributed by atoms with Gasteiger partial charge in [-0.05, 0) is 67.8 Å². The van der Waals surface area contributed by atoms with Crippen LogP contribution in [-0.4, -0.2) is 47.2 Å². The number of ether oxygens (including phenoxy) is 2. The van der Waals surface area contributed by atoms with Gasteiger partial charge in [0.15, 0.2) is 0 Å². The van der Waals surface area contributed by atoms with E-state index in [4.69, 9.17) is 19.7 Å². The molecule has 2 aromatic heterocycles. The van der Waals surface area contributed by atoms with Crippen LogP contribution in [0.4, 0.5) is 0 Å². The SMILES string of the molecule is O=C(O)c1ccc(CCCc2cccn2-c2ccc(OCCOCCO)cc2)s1. The highest BCUT2D eigenvalue weighted by molar-refractivity contribution is 7.13. The molecular formula is C22H25NO5S. The number of carboxylic acids is 1. The number of aromatic nitrogens is 1. The van der Waals surface area contributed by atoms with Crippen molar-refractivity contribution in [2.45, 2.75) is 19.3 Å². The molecule has 1 aromatic carbocycles. The smallest absolute Gasteiger partial charge is 0.345 e. The third-order valence-electron chi connectivity index (χ3n) is 4.41. The Bertz CT molecular complexity index is 900. The first-order chi connectivity index (χ1) is 14.2. The van der Waals surface area contributed by atoms with Crippen LogP contribution in [0.5, 0.6) is 5.75 Å². The Morgan fingerprint density at radius 3 is 2.55 bits per heavy atom. The van der Waals surface area contributed by atoms with E-state index in [0.29, 0.717) is 24.7 Å². The number of carbonyl (C=O) groups is 1. The molecular weight excluding hydrogens is 390 g/mol. The van der Waals surface area contributed by atoms with Gasteiger partial charge in [-0.1, -0.05) is 0 Å². The van der Waals surface area contributed by atoms with Crippen LogP contribution >= 0.6 is 11.3 Å². The van der Waals surface area contributed by atoms with Crippen LogP contribution in [-0.2, 0) is 17.6 Å². The van der Waals surface area contributed by atoms with Crippen LogP contribution in [0.15, 0.2) is 54.7 Å². The zero-order valence-corrected chi connectivity index (χ0v) is 16.9. The van der Waals surface area contributed by atoms with Gasteiger partial charge in [0.2, 0.25) is 0 Å². The van der Waals surface area contributed by atoms with E-state index in [9.17, 15) is 4.79 Å². The van der Waals surface area contributed by atoms with Crippen molar-refractivity contribution in [2.75, 3.05) is 26.4 Å². The van der Waals surface area contributed by atoms with Crippen molar-refractivity contribution in [3.05, 3.63) is 70.2 Å². The average molecular weight is 416 g/mol. The second-order valence-corrected chi connectivity index (χ2v) is 7.64. The summed E-state index contributed by atoms with van der Waals surface area (Å²) in [5, 5.41) is 17.7. The minimum atomic E-state index is -0.861. The lowest BCUT2D eigenvalue weighted by molar-refractivity contribution is 0.0702. The number of aliphatic hydroxyl groups is 1. The normalized spacial score (nSPS) is 10.9. The molecule has 0 unspecified atom stereocenters. The first-order valence-electron chi connectivity index (χ1n) is 9.57. The van der Waals surface area contributed by atoms with Gasteiger partial charge in [0.25, 0.3) is 0 Å². The van der Waals surface area contributed by atoms with Crippen molar-refractivity contribution < 1.29 is 24.5 Å².